The molecule has 1 aromatic rings. The number of nitrogens with two attached hydrogens (primary N) is 1. The van der Waals surface area contributed by atoms with Gasteiger partial charge in [-0.05, 0) is 18.6 Å². The van der Waals surface area contributed by atoms with Gasteiger partial charge < -0.3 is 11.1 Å². The maximum absolute atomic E-state index is 12.0. The maximum Gasteiger partial charge on any atom is 0.269 e. The SMILES string of the molecule is CCCC(N)C(=O)NCCNS(=O)(=O)c1ccc([N+](=O)[O-])cc1.Cl. The Morgan fingerprint density at radius 1 is 1.29 bits per heavy atom. The van der Waals surface area contributed by atoms with Crippen molar-refractivity contribution in [3.63, 3.8) is 0 Å². The molecule has 0 saturated heterocycles. The molecule has 0 radical (unpaired) electrons. The van der Waals surface area contributed by atoms with Crippen LogP contribution in [0.2, 0.25) is 0 Å². The van der Waals surface area contributed by atoms with Crippen LogP contribution in [0.15, 0.2) is 29.2 Å². The van der Waals surface area contributed by atoms with Crippen LogP contribution in [0.25, 0.3) is 0 Å². The summed E-state index contributed by atoms with van der Waals surface area (Å²) in [6.45, 7) is 2.00. The van der Waals surface area contributed by atoms with Gasteiger partial charge in [0.15, 0.2) is 0 Å². The molecule has 9 nitrogen and oxygen atoms in total. The van der Waals surface area contributed by atoms with Gasteiger partial charge in [-0.1, -0.05) is 13.3 Å². The number of nitro benzene ring substituents is 1. The number of non-ortho nitro benzene ring substituents is 1. The summed E-state index contributed by atoms with van der Waals surface area (Å²) in [4.78, 5) is 21.4. The summed E-state index contributed by atoms with van der Waals surface area (Å²) in [6, 6.07) is 3.92. The molecule has 0 bridgehead atoms. The number of nitrogens with one attached hydrogen (secondary N) is 2. The third-order valence-electron chi connectivity index (χ3n) is 3.01. The minimum absolute atomic E-state index is 0. The number of carbonyl (C=O) groups is 1. The fourth-order valence-electron chi connectivity index (χ4n) is 1.77. The van der Waals surface area contributed by atoms with Gasteiger partial charge in [0.1, 0.15) is 0 Å². The Hall–Kier alpha value is -1.75. The third kappa shape index (κ3) is 6.79. The number of sulfonamides is 1. The van der Waals surface area contributed by atoms with Crippen LogP contribution in [0.5, 0.6) is 0 Å². The van der Waals surface area contributed by atoms with Crippen LogP contribution in [0, 0.1) is 10.1 Å². The molecule has 0 saturated carbocycles. The Morgan fingerprint density at radius 3 is 2.38 bits per heavy atom. The first-order valence-electron chi connectivity index (χ1n) is 7.05. The quantitative estimate of drug-likeness (QED) is 0.324. The minimum Gasteiger partial charge on any atom is -0.353 e. The molecule has 1 unspecified atom stereocenters. The number of rotatable bonds is 9. The molecule has 4 N–H and O–H groups in total. The van der Waals surface area contributed by atoms with Crippen LogP contribution >= 0.6 is 12.4 Å². The minimum atomic E-state index is -3.79. The molecule has 0 aliphatic carbocycles. The summed E-state index contributed by atoms with van der Waals surface area (Å²) < 4.78 is 26.2. The average Bonchev–Trinajstić information content (AvgIpc) is 2.51. The van der Waals surface area contributed by atoms with Crippen molar-refractivity contribution in [3.8, 4) is 0 Å². The van der Waals surface area contributed by atoms with Crippen molar-refractivity contribution in [1.29, 1.82) is 0 Å². The summed E-state index contributed by atoms with van der Waals surface area (Å²) in [5, 5.41) is 13.1. The molecule has 0 fully saturated rings. The van der Waals surface area contributed by atoms with Gasteiger partial charge in [-0.3, -0.25) is 14.9 Å². The lowest BCUT2D eigenvalue weighted by Gasteiger charge is -2.11. The first-order chi connectivity index (χ1) is 10.8. The molecule has 1 amide bonds. The Kier molecular flexibility index (Phi) is 9.44. The van der Waals surface area contributed by atoms with Crippen LogP contribution in [0.1, 0.15) is 19.8 Å². The monoisotopic (exact) mass is 380 g/mol. The van der Waals surface area contributed by atoms with E-state index >= 15 is 0 Å². The highest BCUT2D eigenvalue weighted by molar-refractivity contribution is 7.89. The van der Waals surface area contributed by atoms with Gasteiger partial charge in [-0.25, -0.2) is 13.1 Å². The van der Waals surface area contributed by atoms with E-state index in [1.54, 1.807) is 0 Å². The summed E-state index contributed by atoms with van der Waals surface area (Å²) in [6.07, 6.45) is 1.34. The van der Waals surface area contributed by atoms with Gasteiger partial charge in [-0.2, -0.15) is 0 Å². The van der Waals surface area contributed by atoms with Crippen LogP contribution in [-0.4, -0.2) is 38.4 Å². The second kappa shape index (κ2) is 10.2. The van der Waals surface area contributed by atoms with Crippen LogP contribution in [0.4, 0.5) is 5.69 Å². The topological polar surface area (TPSA) is 144 Å². The van der Waals surface area contributed by atoms with E-state index in [1.807, 2.05) is 6.92 Å². The summed E-state index contributed by atoms with van der Waals surface area (Å²) >= 11 is 0. The van der Waals surface area contributed by atoms with Crippen molar-refractivity contribution < 1.29 is 18.1 Å². The highest BCUT2D eigenvalue weighted by atomic mass is 35.5. The summed E-state index contributed by atoms with van der Waals surface area (Å²) in [7, 11) is -3.79. The van der Waals surface area contributed by atoms with Crippen molar-refractivity contribution in [1.82, 2.24) is 10.0 Å². The molecule has 1 aromatic carbocycles. The van der Waals surface area contributed by atoms with Crippen molar-refractivity contribution in [3.05, 3.63) is 34.4 Å². The lowest BCUT2D eigenvalue weighted by molar-refractivity contribution is -0.384. The number of carbonyl (C=O) groups excluding carboxylic acids is 1. The number of amides is 1. The van der Waals surface area contributed by atoms with Crippen LogP contribution in [-0.2, 0) is 14.8 Å². The molecular formula is C13H21ClN4O5S. The van der Waals surface area contributed by atoms with Gasteiger partial charge in [0.2, 0.25) is 15.9 Å². The van der Waals surface area contributed by atoms with Crippen LogP contribution < -0.4 is 15.8 Å². The molecule has 24 heavy (non-hydrogen) atoms. The van der Waals surface area contributed by atoms with E-state index in [4.69, 9.17) is 5.73 Å². The van der Waals surface area contributed by atoms with E-state index in [0.29, 0.717) is 6.42 Å². The van der Waals surface area contributed by atoms with E-state index in [2.05, 4.69) is 10.0 Å². The summed E-state index contributed by atoms with van der Waals surface area (Å²) in [5.74, 6) is -0.332. The second-order valence-corrected chi connectivity index (χ2v) is 6.60. The lowest BCUT2D eigenvalue weighted by Crippen LogP contribution is -2.43. The molecule has 0 heterocycles. The van der Waals surface area contributed by atoms with Crippen molar-refractivity contribution >= 4 is 34.0 Å². The van der Waals surface area contributed by atoms with Gasteiger partial charge in [-0.15, -0.1) is 12.4 Å². The fraction of sp³-hybridized carbons (Fsp3) is 0.462. The van der Waals surface area contributed by atoms with E-state index in [0.717, 1.165) is 30.7 Å². The fourth-order valence-corrected chi connectivity index (χ4v) is 2.81. The predicted molar refractivity (Wildman–Crippen MR) is 91.4 cm³/mol. The number of nitro groups is 1. The zero-order chi connectivity index (χ0) is 17.5. The molecular weight excluding hydrogens is 360 g/mol. The van der Waals surface area contributed by atoms with Crippen molar-refractivity contribution in [2.24, 2.45) is 5.73 Å². The molecule has 11 heteroatoms. The molecule has 0 aliphatic rings. The largest absolute Gasteiger partial charge is 0.353 e. The maximum atomic E-state index is 12.0. The standard InChI is InChI=1S/C13H20N4O5S.ClH/c1-2-3-12(14)13(18)15-8-9-16-23(21,22)11-6-4-10(5-7-11)17(19)20;/h4-7,12,16H,2-3,8-9,14H2,1H3,(H,15,18);1H. The predicted octanol–water partition coefficient (Wildman–Crippen LogP) is 0.539. The third-order valence-corrected chi connectivity index (χ3v) is 4.49. The Morgan fingerprint density at radius 2 is 1.88 bits per heavy atom. The van der Waals surface area contributed by atoms with Crippen LogP contribution in [0.3, 0.4) is 0 Å². The highest BCUT2D eigenvalue weighted by Gasteiger charge is 2.16. The van der Waals surface area contributed by atoms with Gasteiger partial charge >= 0.3 is 0 Å². The molecule has 0 aliphatic heterocycles. The van der Waals surface area contributed by atoms with E-state index in [9.17, 15) is 23.3 Å². The van der Waals surface area contributed by atoms with E-state index < -0.39 is 21.0 Å². The number of halogens is 1. The van der Waals surface area contributed by atoms with Gasteiger partial charge in [0.25, 0.3) is 5.69 Å². The zero-order valence-electron chi connectivity index (χ0n) is 13.1. The smallest absolute Gasteiger partial charge is 0.269 e. The van der Waals surface area contributed by atoms with Crippen molar-refractivity contribution in [2.75, 3.05) is 13.1 Å². The number of hydrogen-bond acceptors (Lipinski definition) is 6. The lowest BCUT2D eigenvalue weighted by atomic mass is 10.2. The average molecular weight is 381 g/mol. The Labute approximate surface area is 146 Å². The molecule has 1 rings (SSSR count). The Balaban J connectivity index is 0.00000529. The molecule has 1 atom stereocenters. The summed E-state index contributed by atoms with van der Waals surface area (Å²) in [5.41, 5.74) is 5.43. The highest BCUT2D eigenvalue weighted by Crippen LogP contribution is 2.15. The first-order valence-corrected chi connectivity index (χ1v) is 8.53. The molecule has 0 aromatic heterocycles. The molecule has 136 valence electrons. The van der Waals surface area contributed by atoms with E-state index in [1.165, 1.54) is 0 Å². The van der Waals surface area contributed by atoms with Gasteiger partial charge in [0.05, 0.1) is 15.9 Å². The van der Waals surface area contributed by atoms with E-state index in [-0.39, 0.29) is 42.0 Å². The normalized spacial score (nSPS) is 12.1. The number of benzene rings is 1. The van der Waals surface area contributed by atoms with Crippen molar-refractivity contribution in [2.45, 2.75) is 30.7 Å². The number of nitrogens with zero attached hydrogens (tertiary/aromatic N) is 1. The first kappa shape index (κ1) is 22.2. The zero-order valence-corrected chi connectivity index (χ0v) is 14.7. The molecule has 0 spiro atoms. The number of hydrogen-bond donors (Lipinski definition) is 3. The van der Waals surface area contributed by atoms with Gasteiger partial charge in [0, 0.05) is 25.2 Å². The Bertz CT molecular complexity index is 651. The second-order valence-electron chi connectivity index (χ2n) is 4.83.